The van der Waals surface area contributed by atoms with Gasteiger partial charge in [0.15, 0.2) is 5.69 Å². The largest absolute Gasteiger partial charge is 0.338 e. The van der Waals surface area contributed by atoms with Gasteiger partial charge in [-0.25, -0.2) is 4.79 Å². The minimum atomic E-state index is -0.311. The van der Waals surface area contributed by atoms with Crippen molar-refractivity contribution in [3.05, 3.63) is 77.1 Å². The fraction of sp³-hybridized carbons (Fsp3) is 0.190. The summed E-state index contributed by atoms with van der Waals surface area (Å²) in [7, 11) is 0. The summed E-state index contributed by atoms with van der Waals surface area (Å²) in [6.07, 6.45) is 0.673. The smallest absolute Gasteiger partial charge is 0.319 e. The summed E-state index contributed by atoms with van der Waals surface area (Å²) < 4.78 is 0. The fourth-order valence-electron chi connectivity index (χ4n) is 2.74. The lowest BCUT2D eigenvalue weighted by Crippen LogP contribution is -2.28. The molecular formula is C21H23N5O2. The second kappa shape index (κ2) is 8.85. The van der Waals surface area contributed by atoms with Crippen molar-refractivity contribution in [3.8, 4) is 0 Å². The Bertz CT molecular complexity index is 966. The summed E-state index contributed by atoms with van der Waals surface area (Å²) >= 11 is 0. The number of amides is 3. The Balaban J connectivity index is 1.68. The van der Waals surface area contributed by atoms with Crippen molar-refractivity contribution in [3.63, 3.8) is 0 Å². The van der Waals surface area contributed by atoms with E-state index < -0.39 is 0 Å². The van der Waals surface area contributed by atoms with E-state index in [0.29, 0.717) is 30.0 Å². The van der Waals surface area contributed by atoms with E-state index in [0.717, 1.165) is 16.8 Å². The molecule has 0 saturated heterocycles. The Morgan fingerprint density at radius 2 is 1.82 bits per heavy atom. The summed E-state index contributed by atoms with van der Waals surface area (Å²) in [5.41, 5.74) is 4.41. The highest BCUT2D eigenvalue weighted by Crippen LogP contribution is 2.21. The SMILES string of the molecule is CCNC(=O)Nc1ccc(C)c(NC(=O)c2cc(Cc3ccccc3)[nH]n2)c1. The first kappa shape index (κ1) is 19.2. The molecule has 7 nitrogen and oxygen atoms in total. The van der Waals surface area contributed by atoms with Crippen LogP contribution >= 0.6 is 0 Å². The molecule has 3 amide bonds. The third kappa shape index (κ3) is 4.97. The molecule has 0 radical (unpaired) electrons. The lowest BCUT2D eigenvalue weighted by molar-refractivity contribution is 0.102. The van der Waals surface area contributed by atoms with Gasteiger partial charge >= 0.3 is 6.03 Å². The molecule has 3 rings (SSSR count). The van der Waals surface area contributed by atoms with Crippen molar-refractivity contribution in [1.82, 2.24) is 15.5 Å². The molecule has 0 bridgehead atoms. The van der Waals surface area contributed by atoms with Gasteiger partial charge in [-0.1, -0.05) is 36.4 Å². The van der Waals surface area contributed by atoms with Gasteiger partial charge in [0.25, 0.3) is 5.91 Å². The van der Waals surface area contributed by atoms with Crippen molar-refractivity contribution >= 4 is 23.3 Å². The predicted molar refractivity (Wildman–Crippen MR) is 110 cm³/mol. The summed E-state index contributed by atoms with van der Waals surface area (Å²) in [6.45, 7) is 4.26. The predicted octanol–water partition coefficient (Wildman–Crippen LogP) is 3.70. The number of H-pyrrole nitrogens is 1. The first-order valence-electron chi connectivity index (χ1n) is 9.10. The summed E-state index contributed by atoms with van der Waals surface area (Å²) in [5.74, 6) is -0.311. The number of hydrogen-bond donors (Lipinski definition) is 4. The first-order chi connectivity index (χ1) is 13.5. The van der Waals surface area contributed by atoms with Crippen LogP contribution in [0.2, 0.25) is 0 Å². The van der Waals surface area contributed by atoms with E-state index >= 15 is 0 Å². The second-order valence-electron chi connectivity index (χ2n) is 6.41. The van der Waals surface area contributed by atoms with Crippen LogP contribution in [0.15, 0.2) is 54.6 Å². The third-order valence-electron chi connectivity index (χ3n) is 4.18. The zero-order valence-corrected chi connectivity index (χ0v) is 15.9. The highest BCUT2D eigenvalue weighted by atomic mass is 16.2. The molecule has 0 unspecified atom stereocenters. The van der Waals surface area contributed by atoms with E-state index in [1.807, 2.05) is 50.2 Å². The second-order valence-corrected chi connectivity index (χ2v) is 6.41. The molecule has 28 heavy (non-hydrogen) atoms. The van der Waals surface area contributed by atoms with E-state index in [9.17, 15) is 9.59 Å². The van der Waals surface area contributed by atoms with Crippen LogP contribution < -0.4 is 16.0 Å². The molecule has 144 valence electrons. The van der Waals surface area contributed by atoms with Crippen molar-refractivity contribution in [1.29, 1.82) is 0 Å². The molecule has 0 aliphatic heterocycles. The van der Waals surface area contributed by atoms with Gasteiger partial charge in [-0.05, 0) is 43.2 Å². The number of carbonyl (C=O) groups is 2. The lowest BCUT2D eigenvalue weighted by Gasteiger charge is -2.11. The fourth-order valence-corrected chi connectivity index (χ4v) is 2.74. The highest BCUT2D eigenvalue weighted by Gasteiger charge is 2.13. The zero-order valence-electron chi connectivity index (χ0n) is 15.9. The molecule has 0 aliphatic rings. The van der Waals surface area contributed by atoms with Crippen molar-refractivity contribution in [2.24, 2.45) is 0 Å². The van der Waals surface area contributed by atoms with Gasteiger partial charge in [0.2, 0.25) is 0 Å². The van der Waals surface area contributed by atoms with Crippen LogP contribution in [0.1, 0.15) is 34.2 Å². The summed E-state index contributed by atoms with van der Waals surface area (Å²) in [6, 6.07) is 16.8. The number of anilines is 2. The van der Waals surface area contributed by atoms with Gasteiger partial charge in [-0.3, -0.25) is 9.89 Å². The highest BCUT2D eigenvalue weighted by molar-refractivity contribution is 6.03. The van der Waals surface area contributed by atoms with Crippen molar-refractivity contribution < 1.29 is 9.59 Å². The van der Waals surface area contributed by atoms with Gasteiger partial charge < -0.3 is 16.0 Å². The number of carbonyl (C=O) groups excluding carboxylic acids is 2. The topological polar surface area (TPSA) is 98.9 Å². The van der Waals surface area contributed by atoms with Crippen LogP contribution in [-0.4, -0.2) is 28.7 Å². The number of urea groups is 1. The maximum absolute atomic E-state index is 12.6. The van der Waals surface area contributed by atoms with Gasteiger partial charge in [0.1, 0.15) is 0 Å². The van der Waals surface area contributed by atoms with Gasteiger partial charge in [0.05, 0.1) is 0 Å². The zero-order chi connectivity index (χ0) is 19.9. The average Bonchev–Trinajstić information content (AvgIpc) is 3.14. The standard InChI is InChI=1S/C21H23N5O2/c1-3-22-21(28)23-16-10-9-14(2)18(12-16)24-20(27)19-13-17(25-26-19)11-15-7-5-4-6-8-15/h4-10,12-13H,3,11H2,1-2H3,(H,24,27)(H,25,26)(H2,22,23,28). The van der Waals surface area contributed by atoms with Crippen LogP contribution in [0.25, 0.3) is 0 Å². The van der Waals surface area contributed by atoms with Gasteiger partial charge in [-0.15, -0.1) is 0 Å². The number of nitrogens with zero attached hydrogens (tertiary/aromatic N) is 1. The molecule has 1 aromatic heterocycles. The Morgan fingerprint density at radius 1 is 1.04 bits per heavy atom. The number of hydrogen-bond acceptors (Lipinski definition) is 3. The number of aryl methyl sites for hydroxylation is 1. The number of aromatic nitrogens is 2. The maximum Gasteiger partial charge on any atom is 0.319 e. The molecule has 0 aliphatic carbocycles. The average molecular weight is 377 g/mol. The Labute approximate surface area is 163 Å². The molecule has 2 aromatic carbocycles. The van der Waals surface area contributed by atoms with Crippen LogP contribution in [0, 0.1) is 6.92 Å². The summed E-state index contributed by atoms with van der Waals surface area (Å²) in [5, 5.41) is 15.3. The van der Waals surface area contributed by atoms with E-state index in [1.54, 1.807) is 18.2 Å². The summed E-state index contributed by atoms with van der Waals surface area (Å²) in [4.78, 5) is 24.3. The van der Waals surface area contributed by atoms with Crippen molar-refractivity contribution in [2.75, 3.05) is 17.2 Å². The van der Waals surface area contributed by atoms with Crippen LogP contribution in [0.4, 0.5) is 16.2 Å². The molecule has 0 atom stereocenters. The third-order valence-corrected chi connectivity index (χ3v) is 4.18. The van der Waals surface area contributed by atoms with Crippen LogP contribution in [0.3, 0.4) is 0 Å². The monoisotopic (exact) mass is 377 g/mol. The minimum absolute atomic E-state index is 0.290. The number of nitrogens with one attached hydrogen (secondary N) is 4. The van der Waals surface area contributed by atoms with Gasteiger partial charge in [0, 0.05) is 30.0 Å². The molecule has 4 N–H and O–H groups in total. The minimum Gasteiger partial charge on any atom is -0.338 e. The van der Waals surface area contributed by atoms with Crippen LogP contribution in [0.5, 0.6) is 0 Å². The number of rotatable bonds is 6. The van der Waals surface area contributed by atoms with Gasteiger partial charge in [-0.2, -0.15) is 5.10 Å². The maximum atomic E-state index is 12.6. The Kier molecular flexibility index (Phi) is 6.06. The van der Waals surface area contributed by atoms with Crippen molar-refractivity contribution in [2.45, 2.75) is 20.3 Å². The molecule has 0 spiro atoms. The van der Waals surface area contributed by atoms with Crippen LogP contribution in [-0.2, 0) is 6.42 Å². The van der Waals surface area contributed by atoms with E-state index in [1.165, 1.54) is 0 Å². The van der Waals surface area contributed by atoms with E-state index in [2.05, 4.69) is 26.1 Å². The molecule has 3 aromatic rings. The molecule has 0 saturated carbocycles. The number of benzene rings is 2. The molecule has 0 fully saturated rings. The molecule has 7 heteroatoms. The Morgan fingerprint density at radius 3 is 2.57 bits per heavy atom. The normalized spacial score (nSPS) is 10.4. The Hall–Kier alpha value is -3.61. The molecule has 1 heterocycles. The first-order valence-corrected chi connectivity index (χ1v) is 9.10. The quantitative estimate of drug-likeness (QED) is 0.527. The number of aromatic amines is 1. The lowest BCUT2D eigenvalue weighted by atomic mass is 10.1. The van der Waals surface area contributed by atoms with E-state index in [-0.39, 0.29) is 11.9 Å². The molecular weight excluding hydrogens is 354 g/mol. The van der Waals surface area contributed by atoms with E-state index in [4.69, 9.17) is 0 Å².